The Labute approximate surface area is 121 Å². The second-order valence-corrected chi connectivity index (χ2v) is 5.61. The van der Waals surface area contributed by atoms with Crippen molar-refractivity contribution in [1.29, 1.82) is 0 Å². The zero-order valence-electron chi connectivity index (χ0n) is 11.2. The van der Waals surface area contributed by atoms with Crippen molar-refractivity contribution in [1.82, 2.24) is 9.78 Å². The molecule has 19 heavy (non-hydrogen) atoms. The fraction of sp³-hybridized carbons (Fsp3) is 0.400. The molecular weight excluding hydrogens is 307 g/mol. The lowest BCUT2D eigenvalue weighted by molar-refractivity contribution is 0.522. The molecule has 0 bridgehead atoms. The maximum atomic E-state index is 13.8. The highest BCUT2D eigenvalue weighted by atomic mass is 79.9. The molecule has 0 spiro atoms. The molecule has 0 saturated heterocycles. The second-order valence-electron chi connectivity index (χ2n) is 4.96. The summed E-state index contributed by atoms with van der Waals surface area (Å²) in [6.07, 6.45) is 2.72. The summed E-state index contributed by atoms with van der Waals surface area (Å²) in [6, 6.07) is 9.32. The Balaban J connectivity index is 2.17. The van der Waals surface area contributed by atoms with Crippen molar-refractivity contribution in [2.45, 2.75) is 32.2 Å². The highest BCUT2D eigenvalue weighted by Gasteiger charge is 2.16. The summed E-state index contributed by atoms with van der Waals surface area (Å²) in [4.78, 5) is 0. The van der Waals surface area contributed by atoms with Crippen LogP contribution in [0, 0.1) is 5.82 Å². The van der Waals surface area contributed by atoms with E-state index in [9.17, 15) is 4.39 Å². The van der Waals surface area contributed by atoms with E-state index in [1.54, 1.807) is 6.07 Å². The van der Waals surface area contributed by atoms with Gasteiger partial charge < -0.3 is 0 Å². The van der Waals surface area contributed by atoms with Gasteiger partial charge in [-0.1, -0.05) is 34.1 Å². The number of alkyl halides is 1. The molecule has 0 N–H and O–H groups in total. The maximum Gasteiger partial charge on any atom is 0.126 e. The van der Waals surface area contributed by atoms with Crippen molar-refractivity contribution >= 4 is 15.9 Å². The molecule has 0 saturated carbocycles. The molecule has 4 heteroatoms. The molecule has 0 aliphatic carbocycles. The first-order chi connectivity index (χ1) is 9.11. The van der Waals surface area contributed by atoms with Gasteiger partial charge in [0.1, 0.15) is 5.82 Å². The van der Waals surface area contributed by atoms with Crippen LogP contribution in [0.2, 0.25) is 0 Å². The molecule has 0 amide bonds. The fourth-order valence-electron chi connectivity index (χ4n) is 2.08. The van der Waals surface area contributed by atoms with Crippen LogP contribution in [0.5, 0.6) is 0 Å². The summed E-state index contributed by atoms with van der Waals surface area (Å²) < 4.78 is 15.7. The Bertz CT molecular complexity index is 536. The molecule has 2 nitrogen and oxygen atoms in total. The first kappa shape index (κ1) is 14.3. The van der Waals surface area contributed by atoms with Crippen molar-refractivity contribution in [3.8, 4) is 0 Å². The predicted molar refractivity (Wildman–Crippen MR) is 79.3 cm³/mol. The third kappa shape index (κ3) is 3.44. The molecule has 102 valence electrons. The molecule has 2 rings (SSSR count). The van der Waals surface area contributed by atoms with E-state index in [4.69, 9.17) is 0 Å². The predicted octanol–water partition coefficient (Wildman–Crippen LogP) is 4.32. The molecule has 0 radical (unpaired) electrons. The third-order valence-electron chi connectivity index (χ3n) is 3.18. The molecule has 0 aliphatic heterocycles. The van der Waals surface area contributed by atoms with Crippen molar-refractivity contribution < 1.29 is 4.39 Å². The van der Waals surface area contributed by atoms with Gasteiger partial charge in [0.25, 0.3) is 0 Å². The molecule has 0 aliphatic rings. The number of hydrogen-bond donors (Lipinski definition) is 0. The topological polar surface area (TPSA) is 17.8 Å². The fourth-order valence-corrected chi connectivity index (χ4v) is 2.66. The Kier molecular flexibility index (Phi) is 4.75. The molecule has 1 aromatic heterocycles. The van der Waals surface area contributed by atoms with Gasteiger partial charge in [-0.25, -0.2) is 4.39 Å². The van der Waals surface area contributed by atoms with E-state index in [-0.39, 0.29) is 11.7 Å². The van der Waals surface area contributed by atoms with Crippen LogP contribution >= 0.6 is 15.9 Å². The Morgan fingerprint density at radius 2 is 2.00 bits per heavy atom. The first-order valence-electron chi connectivity index (χ1n) is 6.46. The molecule has 1 heterocycles. The van der Waals surface area contributed by atoms with E-state index in [2.05, 4.69) is 34.9 Å². The minimum atomic E-state index is -0.143. The van der Waals surface area contributed by atoms with Crippen LogP contribution in [0.1, 0.15) is 37.1 Å². The van der Waals surface area contributed by atoms with Gasteiger partial charge >= 0.3 is 0 Å². The summed E-state index contributed by atoms with van der Waals surface area (Å²) >= 11 is 3.48. The van der Waals surface area contributed by atoms with Crippen LogP contribution in [0.4, 0.5) is 4.39 Å². The van der Waals surface area contributed by atoms with Gasteiger partial charge in [0.05, 0.1) is 5.69 Å². The summed E-state index contributed by atoms with van der Waals surface area (Å²) in [5, 5.41) is 5.25. The van der Waals surface area contributed by atoms with Gasteiger partial charge in [-0.05, 0) is 38.0 Å². The van der Waals surface area contributed by atoms with E-state index in [0.717, 1.165) is 23.0 Å². The largest absolute Gasteiger partial charge is 0.270 e. The second kappa shape index (κ2) is 6.33. The van der Waals surface area contributed by atoms with Crippen LogP contribution in [-0.2, 0) is 6.42 Å². The van der Waals surface area contributed by atoms with Crippen molar-refractivity contribution in [3.05, 3.63) is 53.6 Å². The average molecular weight is 325 g/mol. The van der Waals surface area contributed by atoms with E-state index >= 15 is 0 Å². The van der Waals surface area contributed by atoms with Crippen LogP contribution in [0.25, 0.3) is 0 Å². The number of hydrogen-bond acceptors (Lipinski definition) is 1. The minimum Gasteiger partial charge on any atom is -0.270 e. The Hall–Kier alpha value is -1.16. The maximum absolute atomic E-state index is 13.8. The number of nitrogens with zero attached hydrogens (tertiary/aromatic N) is 2. The van der Waals surface area contributed by atoms with Gasteiger partial charge in [-0.3, -0.25) is 4.68 Å². The van der Waals surface area contributed by atoms with Crippen molar-refractivity contribution in [2.24, 2.45) is 0 Å². The molecule has 1 aromatic carbocycles. The van der Waals surface area contributed by atoms with E-state index in [1.807, 2.05) is 29.1 Å². The quantitative estimate of drug-likeness (QED) is 0.749. The monoisotopic (exact) mass is 324 g/mol. The molecular formula is C15H18BrFN2. The van der Waals surface area contributed by atoms with Crippen LogP contribution < -0.4 is 0 Å². The van der Waals surface area contributed by atoms with E-state index in [0.29, 0.717) is 6.04 Å². The number of aromatic nitrogens is 2. The standard InChI is InChI=1S/C15H18BrFN2/c1-11(2)19-8-7-13(18-19)9-12(10-16)14-5-3-4-6-15(14)17/h3-8,11-12H,9-10H2,1-2H3. The van der Waals surface area contributed by atoms with Gasteiger partial charge in [-0.15, -0.1) is 0 Å². The Morgan fingerprint density at radius 1 is 1.26 bits per heavy atom. The third-order valence-corrected chi connectivity index (χ3v) is 3.96. The molecule has 0 fully saturated rings. The molecule has 1 atom stereocenters. The SMILES string of the molecule is CC(C)n1ccc(CC(CBr)c2ccccc2F)n1. The average Bonchev–Trinajstić information content (AvgIpc) is 2.86. The number of benzene rings is 1. The minimum absolute atomic E-state index is 0.108. The van der Waals surface area contributed by atoms with Crippen molar-refractivity contribution in [2.75, 3.05) is 5.33 Å². The normalized spacial score (nSPS) is 12.9. The van der Waals surface area contributed by atoms with Gasteiger partial charge in [0.2, 0.25) is 0 Å². The van der Waals surface area contributed by atoms with Crippen LogP contribution in [0.3, 0.4) is 0 Å². The van der Waals surface area contributed by atoms with Crippen molar-refractivity contribution in [3.63, 3.8) is 0 Å². The highest BCUT2D eigenvalue weighted by Crippen LogP contribution is 2.25. The highest BCUT2D eigenvalue weighted by molar-refractivity contribution is 9.09. The lowest BCUT2D eigenvalue weighted by Gasteiger charge is -2.14. The summed E-state index contributed by atoms with van der Waals surface area (Å²) in [7, 11) is 0. The number of rotatable bonds is 5. The van der Waals surface area contributed by atoms with Gasteiger partial charge in [0.15, 0.2) is 0 Å². The zero-order chi connectivity index (χ0) is 13.8. The van der Waals surface area contributed by atoms with Crippen LogP contribution in [0.15, 0.2) is 36.5 Å². The molecule has 1 unspecified atom stereocenters. The summed E-state index contributed by atoms with van der Waals surface area (Å²) in [6.45, 7) is 4.19. The van der Waals surface area contributed by atoms with E-state index < -0.39 is 0 Å². The van der Waals surface area contributed by atoms with Crippen LogP contribution in [-0.4, -0.2) is 15.1 Å². The van der Waals surface area contributed by atoms with Gasteiger partial charge in [0, 0.05) is 23.5 Å². The molecule has 2 aromatic rings. The zero-order valence-corrected chi connectivity index (χ0v) is 12.8. The number of halogens is 2. The lowest BCUT2D eigenvalue weighted by atomic mass is 9.96. The van der Waals surface area contributed by atoms with E-state index in [1.165, 1.54) is 6.07 Å². The lowest BCUT2D eigenvalue weighted by Crippen LogP contribution is -2.08. The Morgan fingerprint density at radius 3 is 2.58 bits per heavy atom. The summed E-state index contributed by atoms with van der Waals surface area (Å²) in [5.74, 6) is -0.0352. The first-order valence-corrected chi connectivity index (χ1v) is 7.58. The van der Waals surface area contributed by atoms with Gasteiger partial charge in [-0.2, -0.15) is 5.10 Å². The summed E-state index contributed by atoms with van der Waals surface area (Å²) in [5.41, 5.74) is 1.75. The smallest absolute Gasteiger partial charge is 0.126 e.